The standard InChI is InChI=1S/C5H12O3S2/c1-5(2)9-3-4-10(6,7)8/h5H,3-4H2,1-2H3,(H,6,7,8). The van der Waals surface area contributed by atoms with Crippen LogP contribution >= 0.6 is 11.8 Å². The van der Waals surface area contributed by atoms with Crippen LogP contribution in [0.1, 0.15) is 13.8 Å². The topological polar surface area (TPSA) is 54.4 Å². The molecule has 0 unspecified atom stereocenters. The molecule has 0 bridgehead atoms. The average Bonchev–Trinajstić information content (AvgIpc) is 1.59. The summed E-state index contributed by atoms with van der Waals surface area (Å²) in [5, 5.41) is 0.418. The molecule has 0 heterocycles. The summed E-state index contributed by atoms with van der Waals surface area (Å²) in [5.41, 5.74) is 0. The zero-order chi connectivity index (χ0) is 8.20. The lowest BCUT2D eigenvalue weighted by molar-refractivity contribution is 0.485. The van der Waals surface area contributed by atoms with E-state index in [1.54, 1.807) is 0 Å². The first-order chi connectivity index (χ1) is 4.42. The zero-order valence-corrected chi connectivity index (χ0v) is 7.70. The maximum atomic E-state index is 10.2. The van der Waals surface area contributed by atoms with Gasteiger partial charge in [-0.15, -0.1) is 0 Å². The van der Waals surface area contributed by atoms with Crippen molar-refractivity contribution in [2.75, 3.05) is 11.5 Å². The van der Waals surface area contributed by atoms with Gasteiger partial charge in [-0.3, -0.25) is 4.55 Å². The Bertz CT molecular complexity index is 171. The number of hydrogen-bond donors (Lipinski definition) is 1. The Morgan fingerprint density at radius 2 is 2.00 bits per heavy atom. The van der Waals surface area contributed by atoms with Crippen LogP contribution in [0.5, 0.6) is 0 Å². The Hall–Kier alpha value is 0.260. The second kappa shape index (κ2) is 4.20. The van der Waals surface area contributed by atoms with Crippen LogP contribution in [0.15, 0.2) is 0 Å². The molecule has 0 aromatic carbocycles. The van der Waals surface area contributed by atoms with Gasteiger partial charge in [-0.05, 0) is 5.25 Å². The van der Waals surface area contributed by atoms with Crippen molar-refractivity contribution in [3.63, 3.8) is 0 Å². The third kappa shape index (κ3) is 8.26. The average molecular weight is 184 g/mol. The minimum atomic E-state index is -3.74. The van der Waals surface area contributed by atoms with Gasteiger partial charge in [0.05, 0.1) is 5.75 Å². The smallest absolute Gasteiger partial charge is 0.265 e. The first-order valence-electron chi connectivity index (χ1n) is 2.98. The molecule has 0 amide bonds. The van der Waals surface area contributed by atoms with Gasteiger partial charge in [-0.1, -0.05) is 13.8 Å². The Morgan fingerprint density at radius 1 is 1.50 bits per heavy atom. The van der Waals surface area contributed by atoms with Gasteiger partial charge in [-0.25, -0.2) is 0 Å². The highest BCUT2D eigenvalue weighted by Gasteiger charge is 2.04. The Kier molecular flexibility index (Phi) is 4.31. The van der Waals surface area contributed by atoms with Gasteiger partial charge in [0.2, 0.25) is 0 Å². The van der Waals surface area contributed by atoms with Gasteiger partial charge in [0.1, 0.15) is 0 Å². The van der Waals surface area contributed by atoms with Crippen molar-refractivity contribution in [2.45, 2.75) is 19.1 Å². The fraction of sp³-hybridized carbons (Fsp3) is 1.00. The van der Waals surface area contributed by atoms with Crippen LogP contribution in [0.4, 0.5) is 0 Å². The van der Waals surface area contributed by atoms with Crippen molar-refractivity contribution in [3.05, 3.63) is 0 Å². The molecule has 0 aliphatic carbocycles. The molecular formula is C5H12O3S2. The fourth-order valence-electron chi connectivity index (χ4n) is 0.389. The van der Waals surface area contributed by atoms with Crippen LogP contribution in [0.25, 0.3) is 0 Å². The largest absolute Gasteiger partial charge is 0.286 e. The molecule has 0 radical (unpaired) electrons. The highest BCUT2D eigenvalue weighted by atomic mass is 32.2. The van der Waals surface area contributed by atoms with Gasteiger partial charge < -0.3 is 0 Å². The van der Waals surface area contributed by atoms with Crippen LogP contribution < -0.4 is 0 Å². The summed E-state index contributed by atoms with van der Waals surface area (Å²) in [6, 6.07) is 0. The molecule has 0 spiro atoms. The number of hydrogen-bond acceptors (Lipinski definition) is 3. The van der Waals surface area contributed by atoms with Crippen molar-refractivity contribution in [3.8, 4) is 0 Å². The van der Waals surface area contributed by atoms with E-state index in [2.05, 4.69) is 0 Å². The van der Waals surface area contributed by atoms with E-state index in [4.69, 9.17) is 4.55 Å². The van der Waals surface area contributed by atoms with E-state index in [0.717, 1.165) is 0 Å². The summed E-state index contributed by atoms with van der Waals surface area (Å²) in [6.07, 6.45) is 0. The molecule has 0 saturated heterocycles. The van der Waals surface area contributed by atoms with Crippen molar-refractivity contribution in [2.24, 2.45) is 0 Å². The molecule has 0 fully saturated rings. The lowest BCUT2D eigenvalue weighted by Gasteiger charge is -2.01. The van der Waals surface area contributed by atoms with Crippen LogP contribution in [0, 0.1) is 0 Å². The van der Waals surface area contributed by atoms with Crippen LogP contribution in [0.2, 0.25) is 0 Å². The van der Waals surface area contributed by atoms with Crippen LogP contribution in [0.3, 0.4) is 0 Å². The van der Waals surface area contributed by atoms with Gasteiger partial charge >= 0.3 is 0 Å². The summed E-state index contributed by atoms with van der Waals surface area (Å²) in [7, 11) is -3.74. The molecule has 5 heteroatoms. The maximum Gasteiger partial charge on any atom is 0.265 e. The maximum absolute atomic E-state index is 10.2. The minimum absolute atomic E-state index is 0.143. The third-order valence-electron chi connectivity index (χ3n) is 0.792. The quantitative estimate of drug-likeness (QED) is 0.663. The molecule has 10 heavy (non-hydrogen) atoms. The third-order valence-corrected chi connectivity index (χ3v) is 2.88. The minimum Gasteiger partial charge on any atom is -0.286 e. The Balaban J connectivity index is 3.39. The van der Waals surface area contributed by atoms with Crippen LogP contribution in [-0.2, 0) is 10.1 Å². The van der Waals surface area contributed by atoms with E-state index in [0.29, 0.717) is 11.0 Å². The monoisotopic (exact) mass is 184 g/mol. The fourth-order valence-corrected chi connectivity index (χ4v) is 2.09. The number of thioether (sulfide) groups is 1. The second-order valence-electron chi connectivity index (χ2n) is 2.21. The molecule has 1 N–H and O–H groups in total. The lowest BCUT2D eigenvalue weighted by Crippen LogP contribution is -2.07. The summed E-state index contributed by atoms with van der Waals surface area (Å²) in [4.78, 5) is 0. The number of rotatable bonds is 4. The summed E-state index contributed by atoms with van der Waals surface area (Å²) in [6.45, 7) is 3.96. The predicted molar refractivity (Wildman–Crippen MR) is 44.0 cm³/mol. The van der Waals surface area contributed by atoms with Gasteiger partial charge in [0, 0.05) is 5.75 Å². The summed E-state index contributed by atoms with van der Waals surface area (Å²) >= 11 is 1.52. The molecule has 0 rings (SSSR count). The van der Waals surface area contributed by atoms with E-state index < -0.39 is 10.1 Å². The Morgan fingerprint density at radius 3 is 2.30 bits per heavy atom. The van der Waals surface area contributed by atoms with Gasteiger partial charge in [0.25, 0.3) is 10.1 Å². The molecular weight excluding hydrogens is 172 g/mol. The van der Waals surface area contributed by atoms with E-state index in [9.17, 15) is 8.42 Å². The van der Waals surface area contributed by atoms with E-state index >= 15 is 0 Å². The summed E-state index contributed by atoms with van der Waals surface area (Å²) in [5.74, 6) is 0.326. The highest BCUT2D eigenvalue weighted by Crippen LogP contribution is 2.08. The molecule has 0 saturated carbocycles. The lowest BCUT2D eigenvalue weighted by atomic mass is 10.6. The van der Waals surface area contributed by atoms with E-state index in [-0.39, 0.29) is 5.75 Å². The predicted octanol–water partition coefficient (Wildman–Crippen LogP) is 1.02. The first kappa shape index (κ1) is 10.3. The van der Waals surface area contributed by atoms with Crippen molar-refractivity contribution in [1.82, 2.24) is 0 Å². The zero-order valence-electron chi connectivity index (χ0n) is 6.07. The SMILES string of the molecule is CC(C)SCCS(=O)(=O)O. The molecule has 0 aromatic rings. The molecule has 0 atom stereocenters. The van der Waals surface area contributed by atoms with Gasteiger partial charge in [0.15, 0.2) is 0 Å². The summed E-state index contributed by atoms with van der Waals surface area (Å²) < 4.78 is 28.6. The van der Waals surface area contributed by atoms with Gasteiger partial charge in [-0.2, -0.15) is 20.2 Å². The van der Waals surface area contributed by atoms with Crippen molar-refractivity contribution >= 4 is 21.9 Å². The molecule has 0 aliphatic rings. The van der Waals surface area contributed by atoms with Crippen LogP contribution in [-0.4, -0.2) is 29.7 Å². The molecule has 3 nitrogen and oxygen atoms in total. The molecule has 0 aliphatic heterocycles. The van der Waals surface area contributed by atoms with E-state index in [1.807, 2.05) is 13.8 Å². The Labute approximate surface area is 66.0 Å². The first-order valence-corrected chi connectivity index (χ1v) is 5.64. The normalized spacial score (nSPS) is 12.4. The van der Waals surface area contributed by atoms with E-state index in [1.165, 1.54) is 11.8 Å². The van der Waals surface area contributed by atoms with Crippen molar-refractivity contribution in [1.29, 1.82) is 0 Å². The second-order valence-corrected chi connectivity index (χ2v) is 5.46. The highest BCUT2D eigenvalue weighted by molar-refractivity contribution is 8.00. The molecule has 0 aromatic heterocycles. The molecule has 62 valence electrons. The van der Waals surface area contributed by atoms with Crippen molar-refractivity contribution < 1.29 is 13.0 Å².